The SMILES string of the molecule is CCCCC(CCC)CCCC(C)CCCC(CCC)C(C)C. The van der Waals surface area contributed by atoms with Gasteiger partial charge in [0.2, 0.25) is 0 Å². The van der Waals surface area contributed by atoms with Crippen molar-refractivity contribution >= 4 is 0 Å². The summed E-state index contributed by atoms with van der Waals surface area (Å²) in [6.07, 6.45) is 18.7. The zero-order valence-corrected chi connectivity index (χ0v) is 17.5. The Morgan fingerprint density at radius 2 is 1.09 bits per heavy atom. The van der Waals surface area contributed by atoms with Crippen LogP contribution in [0.25, 0.3) is 0 Å². The molecule has 0 amide bonds. The molecule has 0 fully saturated rings. The highest BCUT2D eigenvalue weighted by atomic mass is 14.2. The molecule has 3 unspecified atom stereocenters. The first-order valence-electron chi connectivity index (χ1n) is 11.0. The van der Waals surface area contributed by atoms with Gasteiger partial charge in [0.05, 0.1) is 0 Å². The highest BCUT2D eigenvalue weighted by Crippen LogP contribution is 2.27. The van der Waals surface area contributed by atoms with Crippen molar-refractivity contribution in [3.63, 3.8) is 0 Å². The molecule has 0 nitrogen and oxygen atoms in total. The van der Waals surface area contributed by atoms with Crippen molar-refractivity contribution in [2.45, 2.75) is 125 Å². The predicted octanol–water partition coefficient (Wildman–Crippen LogP) is 8.64. The quantitative estimate of drug-likeness (QED) is 0.266. The topological polar surface area (TPSA) is 0 Å². The minimum absolute atomic E-state index is 0.874. The monoisotopic (exact) mass is 324 g/mol. The third-order valence-corrected chi connectivity index (χ3v) is 5.85. The Bertz CT molecular complexity index is 230. The number of hydrogen-bond donors (Lipinski definition) is 0. The van der Waals surface area contributed by atoms with Crippen LogP contribution in [0.4, 0.5) is 0 Å². The van der Waals surface area contributed by atoms with E-state index < -0.39 is 0 Å². The van der Waals surface area contributed by atoms with Gasteiger partial charge in [0, 0.05) is 0 Å². The minimum atomic E-state index is 0.874. The van der Waals surface area contributed by atoms with E-state index in [9.17, 15) is 0 Å². The van der Waals surface area contributed by atoms with Crippen molar-refractivity contribution in [1.29, 1.82) is 0 Å². The standard InChI is InChI=1S/C23H48/c1-7-10-17-22(13-8-2)18-11-15-21(6)16-12-19-23(14-9-3)20(4)5/h20-23H,7-19H2,1-6H3. The average Bonchev–Trinajstić information content (AvgIpc) is 2.51. The van der Waals surface area contributed by atoms with Crippen LogP contribution in [0.1, 0.15) is 125 Å². The maximum absolute atomic E-state index is 2.49. The molecular formula is C23H48. The molecule has 0 heterocycles. The summed E-state index contributed by atoms with van der Waals surface area (Å²) in [5.74, 6) is 3.80. The molecule has 0 aromatic rings. The molecule has 3 atom stereocenters. The van der Waals surface area contributed by atoms with E-state index in [-0.39, 0.29) is 0 Å². The third kappa shape index (κ3) is 13.0. The summed E-state index contributed by atoms with van der Waals surface area (Å²) >= 11 is 0. The second kappa shape index (κ2) is 15.5. The predicted molar refractivity (Wildman–Crippen MR) is 108 cm³/mol. The lowest BCUT2D eigenvalue weighted by Gasteiger charge is -2.21. The van der Waals surface area contributed by atoms with Crippen LogP contribution in [-0.2, 0) is 0 Å². The van der Waals surface area contributed by atoms with Crippen molar-refractivity contribution in [3.8, 4) is 0 Å². The molecule has 0 saturated carbocycles. The van der Waals surface area contributed by atoms with Gasteiger partial charge < -0.3 is 0 Å². The minimum Gasteiger partial charge on any atom is -0.0654 e. The van der Waals surface area contributed by atoms with Crippen LogP contribution in [0.2, 0.25) is 0 Å². The first kappa shape index (κ1) is 23.0. The van der Waals surface area contributed by atoms with Gasteiger partial charge in [-0.3, -0.25) is 0 Å². The molecule has 0 aliphatic heterocycles. The van der Waals surface area contributed by atoms with E-state index in [0.29, 0.717) is 0 Å². The summed E-state index contributed by atoms with van der Waals surface area (Å²) in [6, 6.07) is 0. The number of hydrogen-bond acceptors (Lipinski definition) is 0. The van der Waals surface area contributed by atoms with Gasteiger partial charge in [-0.1, -0.05) is 125 Å². The Morgan fingerprint density at radius 1 is 0.522 bits per heavy atom. The molecular weight excluding hydrogens is 276 g/mol. The summed E-state index contributed by atoms with van der Waals surface area (Å²) in [7, 11) is 0. The first-order chi connectivity index (χ1) is 11.0. The summed E-state index contributed by atoms with van der Waals surface area (Å²) < 4.78 is 0. The summed E-state index contributed by atoms with van der Waals surface area (Å²) in [4.78, 5) is 0. The van der Waals surface area contributed by atoms with E-state index in [0.717, 1.165) is 23.7 Å². The molecule has 0 heteroatoms. The van der Waals surface area contributed by atoms with E-state index in [1.807, 2.05) is 0 Å². The van der Waals surface area contributed by atoms with Crippen LogP contribution >= 0.6 is 0 Å². The fourth-order valence-electron chi connectivity index (χ4n) is 4.14. The van der Waals surface area contributed by atoms with E-state index in [4.69, 9.17) is 0 Å². The molecule has 0 aliphatic carbocycles. The van der Waals surface area contributed by atoms with E-state index in [1.54, 1.807) is 0 Å². The molecule has 0 aliphatic rings. The summed E-state index contributed by atoms with van der Waals surface area (Å²) in [6.45, 7) is 14.3. The van der Waals surface area contributed by atoms with Crippen LogP contribution in [0, 0.1) is 23.7 Å². The Morgan fingerprint density at radius 3 is 1.61 bits per heavy atom. The molecule has 0 bridgehead atoms. The summed E-state index contributed by atoms with van der Waals surface area (Å²) in [5, 5.41) is 0. The molecule has 0 saturated heterocycles. The Balaban J connectivity index is 3.81. The molecule has 0 aromatic carbocycles. The largest absolute Gasteiger partial charge is 0.0654 e. The van der Waals surface area contributed by atoms with Gasteiger partial charge in [0.1, 0.15) is 0 Å². The smallest absolute Gasteiger partial charge is 0.0391 e. The Kier molecular flexibility index (Phi) is 15.5. The lowest BCUT2D eigenvalue weighted by molar-refractivity contribution is 0.306. The van der Waals surface area contributed by atoms with E-state index in [2.05, 4.69) is 41.5 Å². The lowest BCUT2D eigenvalue weighted by atomic mass is 9.85. The maximum atomic E-state index is 2.49. The van der Waals surface area contributed by atoms with Crippen molar-refractivity contribution in [2.75, 3.05) is 0 Å². The van der Waals surface area contributed by atoms with Gasteiger partial charge in [-0.2, -0.15) is 0 Å². The van der Waals surface area contributed by atoms with E-state index >= 15 is 0 Å². The van der Waals surface area contributed by atoms with Gasteiger partial charge in [0.15, 0.2) is 0 Å². The van der Waals surface area contributed by atoms with Crippen LogP contribution in [-0.4, -0.2) is 0 Å². The maximum Gasteiger partial charge on any atom is -0.0391 e. The third-order valence-electron chi connectivity index (χ3n) is 5.85. The highest BCUT2D eigenvalue weighted by molar-refractivity contribution is 4.65. The van der Waals surface area contributed by atoms with Crippen LogP contribution in [0.5, 0.6) is 0 Å². The van der Waals surface area contributed by atoms with Gasteiger partial charge in [-0.05, 0) is 23.7 Å². The van der Waals surface area contributed by atoms with Crippen molar-refractivity contribution in [3.05, 3.63) is 0 Å². The van der Waals surface area contributed by atoms with Crippen molar-refractivity contribution in [1.82, 2.24) is 0 Å². The number of unbranched alkanes of at least 4 members (excludes halogenated alkanes) is 1. The number of rotatable bonds is 16. The molecule has 0 spiro atoms. The zero-order chi connectivity index (χ0) is 17.5. The average molecular weight is 325 g/mol. The van der Waals surface area contributed by atoms with Crippen LogP contribution < -0.4 is 0 Å². The van der Waals surface area contributed by atoms with Gasteiger partial charge in [0.25, 0.3) is 0 Å². The van der Waals surface area contributed by atoms with Crippen LogP contribution in [0.15, 0.2) is 0 Å². The molecule has 140 valence electrons. The normalized spacial score (nSPS) is 15.8. The second-order valence-corrected chi connectivity index (χ2v) is 8.56. The van der Waals surface area contributed by atoms with Crippen molar-refractivity contribution in [2.24, 2.45) is 23.7 Å². The molecule has 23 heavy (non-hydrogen) atoms. The van der Waals surface area contributed by atoms with E-state index in [1.165, 1.54) is 83.5 Å². The fourth-order valence-corrected chi connectivity index (χ4v) is 4.14. The molecule has 0 radical (unpaired) electrons. The Hall–Kier alpha value is 0. The van der Waals surface area contributed by atoms with Gasteiger partial charge in [-0.25, -0.2) is 0 Å². The molecule has 0 aromatic heterocycles. The van der Waals surface area contributed by atoms with Crippen molar-refractivity contribution < 1.29 is 0 Å². The van der Waals surface area contributed by atoms with Gasteiger partial charge in [-0.15, -0.1) is 0 Å². The molecule has 0 N–H and O–H groups in total. The summed E-state index contributed by atoms with van der Waals surface area (Å²) in [5.41, 5.74) is 0. The highest BCUT2D eigenvalue weighted by Gasteiger charge is 2.13. The Labute approximate surface area is 149 Å². The lowest BCUT2D eigenvalue weighted by Crippen LogP contribution is -2.09. The second-order valence-electron chi connectivity index (χ2n) is 8.56. The van der Waals surface area contributed by atoms with Crippen LogP contribution in [0.3, 0.4) is 0 Å². The molecule has 0 rings (SSSR count). The fraction of sp³-hybridized carbons (Fsp3) is 1.00. The van der Waals surface area contributed by atoms with Gasteiger partial charge >= 0.3 is 0 Å². The zero-order valence-electron chi connectivity index (χ0n) is 17.5. The first-order valence-corrected chi connectivity index (χ1v) is 11.0.